The van der Waals surface area contributed by atoms with Crippen LogP contribution in [0.3, 0.4) is 0 Å². The van der Waals surface area contributed by atoms with Crippen molar-refractivity contribution < 1.29 is 18.0 Å². The number of likely N-dealkylation sites (N-methyl/N-ethyl adjacent to an activating group) is 1. The van der Waals surface area contributed by atoms with Crippen molar-refractivity contribution in [1.82, 2.24) is 10.2 Å². The predicted molar refractivity (Wildman–Crippen MR) is 136 cm³/mol. The second kappa shape index (κ2) is 11.9. The molecule has 2 aromatic carbocycles. The Morgan fingerprint density at radius 3 is 2.48 bits per heavy atom. The van der Waals surface area contributed by atoms with Gasteiger partial charge in [-0.05, 0) is 55.7 Å². The maximum atomic E-state index is 13.1. The lowest BCUT2D eigenvalue weighted by Crippen LogP contribution is -2.46. The molecule has 10 heteroatoms. The van der Waals surface area contributed by atoms with E-state index in [4.69, 9.17) is 11.6 Å². The highest BCUT2D eigenvalue weighted by atomic mass is 79.9. The Morgan fingerprint density at radius 2 is 1.88 bits per heavy atom. The Hall–Kier alpha value is -2.10. The first kappa shape index (κ1) is 27.1. The van der Waals surface area contributed by atoms with E-state index in [1.54, 1.807) is 32.0 Å². The molecule has 0 saturated heterocycles. The Balaban J connectivity index is 2.18. The largest absolute Gasteiger partial charge is 0.357 e. The molecule has 0 aliphatic rings. The van der Waals surface area contributed by atoms with E-state index in [1.807, 2.05) is 24.3 Å². The van der Waals surface area contributed by atoms with E-state index in [1.165, 1.54) is 16.3 Å². The van der Waals surface area contributed by atoms with Crippen molar-refractivity contribution in [3.8, 4) is 0 Å². The SMILES string of the molecule is CNC(=O)C(C)N(Cc1cccc(Br)c1)C(=O)CCCN(c1cc(Cl)ccc1C)S(C)(=O)=O. The Bertz CT molecular complexity index is 1110. The molecule has 0 aliphatic heterocycles. The smallest absolute Gasteiger partial charge is 0.242 e. The summed E-state index contributed by atoms with van der Waals surface area (Å²) in [5, 5.41) is 3.01. The molecule has 0 aliphatic carbocycles. The summed E-state index contributed by atoms with van der Waals surface area (Å²) >= 11 is 9.50. The van der Waals surface area contributed by atoms with Crippen LogP contribution in [0.25, 0.3) is 0 Å². The standard InChI is InChI=1S/C23H29BrClN3O4S/c1-16-10-11-20(25)14-21(16)28(33(4,31)32)12-6-9-22(29)27(17(2)23(30)26-3)15-18-7-5-8-19(24)13-18/h5,7-8,10-11,13-14,17H,6,9,12,15H2,1-4H3,(H,26,30). The molecule has 0 spiro atoms. The molecule has 2 amide bonds. The summed E-state index contributed by atoms with van der Waals surface area (Å²) in [6.07, 6.45) is 1.50. The van der Waals surface area contributed by atoms with Gasteiger partial charge in [-0.2, -0.15) is 0 Å². The van der Waals surface area contributed by atoms with Crippen LogP contribution in [-0.4, -0.2) is 51.0 Å². The van der Waals surface area contributed by atoms with E-state index in [9.17, 15) is 18.0 Å². The van der Waals surface area contributed by atoms with Gasteiger partial charge in [0.05, 0.1) is 11.9 Å². The topological polar surface area (TPSA) is 86.8 Å². The molecule has 0 bridgehead atoms. The lowest BCUT2D eigenvalue weighted by molar-refractivity contribution is -0.140. The second-order valence-electron chi connectivity index (χ2n) is 7.81. The number of carbonyl (C=O) groups excluding carboxylic acids is 2. The van der Waals surface area contributed by atoms with Crippen molar-refractivity contribution in [3.05, 3.63) is 63.1 Å². The van der Waals surface area contributed by atoms with Gasteiger partial charge in [0, 0.05) is 36.1 Å². The Labute approximate surface area is 209 Å². The highest BCUT2D eigenvalue weighted by molar-refractivity contribution is 9.10. The molecule has 0 radical (unpaired) electrons. The number of nitrogens with one attached hydrogen (secondary N) is 1. The number of hydrogen-bond acceptors (Lipinski definition) is 4. The summed E-state index contributed by atoms with van der Waals surface area (Å²) in [7, 11) is -2.06. The van der Waals surface area contributed by atoms with Gasteiger partial charge in [-0.3, -0.25) is 13.9 Å². The van der Waals surface area contributed by atoms with Crippen molar-refractivity contribution >= 4 is 55.1 Å². The summed E-state index contributed by atoms with van der Waals surface area (Å²) < 4.78 is 27.0. The number of benzene rings is 2. The van der Waals surface area contributed by atoms with Gasteiger partial charge in [-0.15, -0.1) is 0 Å². The number of sulfonamides is 1. The summed E-state index contributed by atoms with van der Waals surface area (Å²) in [5.74, 6) is -0.506. The summed E-state index contributed by atoms with van der Waals surface area (Å²) in [4.78, 5) is 26.9. The fourth-order valence-electron chi connectivity index (χ4n) is 3.46. The van der Waals surface area contributed by atoms with E-state index < -0.39 is 16.1 Å². The molecule has 0 fully saturated rings. The number of rotatable bonds is 10. The number of anilines is 1. The third kappa shape index (κ3) is 7.72. The van der Waals surface area contributed by atoms with Crippen LogP contribution in [0.5, 0.6) is 0 Å². The molecular formula is C23H29BrClN3O4S. The fourth-order valence-corrected chi connectivity index (χ4v) is 5.08. The van der Waals surface area contributed by atoms with Crippen LogP contribution in [0.1, 0.15) is 30.9 Å². The molecule has 7 nitrogen and oxygen atoms in total. The third-order valence-electron chi connectivity index (χ3n) is 5.25. The van der Waals surface area contributed by atoms with Gasteiger partial charge in [-0.1, -0.05) is 45.7 Å². The van der Waals surface area contributed by atoms with Gasteiger partial charge in [0.1, 0.15) is 6.04 Å². The van der Waals surface area contributed by atoms with Crippen LogP contribution in [0, 0.1) is 6.92 Å². The lowest BCUT2D eigenvalue weighted by Gasteiger charge is -2.29. The minimum absolute atomic E-state index is 0.0843. The van der Waals surface area contributed by atoms with Crippen LogP contribution in [0.2, 0.25) is 5.02 Å². The minimum atomic E-state index is -3.58. The molecule has 180 valence electrons. The maximum absolute atomic E-state index is 13.1. The van der Waals surface area contributed by atoms with E-state index in [0.717, 1.165) is 21.9 Å². The summed E-state index contributed by atoms with van der Waals surface area (Å²) in [5.41, 5.74) is 2.13. The number of carbonyl (C=O) groups is 2. The average Bonchev–Trinajstić information content (AvgIpc) is 2.75. The molecule has 1 N–H and O–H groups in total. The Morgan fingerprint density at radius 1 is 1.18 bits per heavy atom. The van der Waals surface area contributed by atoms with Crippen LogP contribution in [-0.2, 0) is 26.2 Å². The monoisotopic (exact) mass is 557 g/mol. The lowest BCUT2D eigenvalue weighted by atomic mass is 10.1. The van der Waals surface area contributed by atoms with Crippen molar-refractivity contribution in [3.63, 3.8) is 0 Å². The van der Waals surface area contributed by atoms with E-state index in [0.29, 0.717) is 10.7 Å². The van der Waals surface area contributed by atoms with Crippen molar-refractivity contribution in [2.45, 2.75) is 39.3 Å². The first-order valence-corrected chi connectivity index (χ1v) is 13.5. The van der Waals surface area contributed by atoms with Crippen LogP contribution >= 0.6 is 27.5 Å². The number of aryl methyl sites for hydroxylation is 1. The number of nitrogens with zero attached hydrogens (tertiary/aromatic N) is 2. The summed E-state index contributed by atoms with van der Waals surface area (Å²) in [6, 6.07) is 11.9. The van der Waals surface area contributed by atoms with Crippen LogP contribution in [0.4, 0.5) is 5.69 Å². The second-order valence-corrected chi connectivity index (χ2v) is 11.1. The van der Waals surface area contributed by atoms with E-state index in [-0.39, 0.29) is 37.7 Å². The van der Waals surface area contributed by atoms with Crippen molar-refractivity contribution in [2.24, 2.45) is 0 Å². The first-order valence-electron chi connectivity index (χ1n) is 10.4. The molecule has 33 heavy (non-hydrogen) atoms. The first-order chi connectivity index (χ1) is 15.4. The van der Waals surface area contributed by atoms with E-state index in [2.05, 4.69) is 21.2 Å². The molecule has 2 rings (SSSR count). The highest BCUT2D eigenvalue weighted by Gasteiger charge is 2.26. The summed E-state index contributed by atoms with van der Waals surface area (Å²) in [6.45, 7) is 3.85. The zero-order valence-corrected chi connectivity index (χ0v) is 22.3. The molecule has 0 saturated carbocycles. The fraction of sp³-hybridized carbons (Fsp3) is 0.391. The zero-order valence-electron chi connectivity index (χ0n) is 19.1. The van der Waals surface area contributed by atoms with Gasteiger partial charge < -0.3 is 10.2 Å². The molecule has 0 aromatic heterocycles. The zero-order chi connectivity index (χ0) is 24.8. The van der Waals surface area contributed by atoms with Crippen LogP contribution in [0.15, 0.2) is 46.9 Å². The molecule has 2 aromatic rings. The molecular weight excluding hydrogens is 530 g/mol. The van der Waals surface area contributed by atoms with Gasteiger partial charge in [0.2, 0.25) is 21.8 Å². The third-order valence-corrected chi connectivity index (χ3v) is 7.16. The predicted octanol–water partition coefficient (Wildman–Crippen LogP) is 4.12. The van der Waals surface area contributed by atoms with Crippen LogP contribution < -0.4 is 9.62 Å². The van der Waals surface area contributed by atoms with Gasteiger partial charge in [0.15, 0.2) is 0 Å². The van der Waals surface area contributed by atoms with Gasteiger partial charge in [-0.25, -0.2) is 8.42 Å². The number of amides is 2. The molecule has 0 heterocycles. The molecule has 1 atom stereocenters. The Kier molecular flexibility index (Phi) is 9.75. The minimum Gasteiger partial charge on any atom is -0.357 e. The van der Waals surface area contributed by atoms with Gasteiger partial charge >= 0.3 is 0 Å². The number of halogens is 2. The average molecular weight is 559 g/mol. The maximum Gasteiger partial charge on any atom is 0.242 e. The number of hydrogen-bond donors (Lipinski definition) is 1. The van der Waals surface area contributed by atoms with Crippen molar-refractivity contribution in [1.29, 1.82) is 0 Å². The highest BCUT2D eigenvalue weighted by Crippen LogP contribution is 2.27. The quantitative estimate of drug-likeness (QED) is 0.475. The van der Waals surface area contributed by atoms with Gasteiger partial charge in [0.25, 0.3) is 0 Å². The normalized spacial score (nSPS) is 12.2. The van der Waals surface area contributed by atoms with Crippen molar-refractivity contribution in [2.75, 3.05) is 24.2 Å². The van der Waals surface area contributed by atoms with E-state index >= 15 is 0 Å². The molecule has 1 unspecified atom stereocenters.